The minimum atomic E-state index is -4.94. The van der Waals surface area contributed by atoms with Gasteiger partial charge in [0.25, 0.3) is 0 Å². The fraction of sp³-hybridized carbons (Fsp3) is 0.0484. The van der Waals surface area contributed by atoms with Gasteiger partial charge < -0.3 is 9.97 Å². The Kier molecular flexibility index (Phi) is 22.5. The fourth-order valence-electron chi connectivity index (χ4n) is 9.39. The molecule has 2 aliphatic rings. The number of nitrogens with zero attached hydrogens (tertiary/aromatic N) is 8. The van der Waals surface area contributed by atoms with Crippen LogP contribution in [0.15, 0.2) is 170 Å². The van der Waals surface area contributed by atoms with E-state index in [4.69, 9.17) is 29.2 Å². The first-order chi connectivity index (χ1) is 41.0. The van der Waals surface area contributed by atoms with Crippen LogP contribution in [-0.4, -0.2) is 40.3 Å². The molecule has 2 aliphatic heterocycles. The number of aromatic nitrogens is 7. The summed E-state index contributed by atoms with van der Waals surface area (Å²) >= 11 is 0. The zero-order chi connectivity index (χ0) is 60.4. The predicted molar refractivity (Wildman–Crippen MR) is 289 cm³/mol. The van der Waals surface area contributed by atoms with Gasteiger partial charge in [-0.3, -0.25) is 30.4 Å². The van der Waals surface area contributed by atoms with Crippen molar-refractivity contribution in [2.75, 3.05) is 0 Å². The number of fused-ring (bicyclic) bond motifs is 8. The van der Waals surface area contributed by atoms with Crippen molar-refractivity contribution in [2.45, 2.75) is 19.6 Å². The van der Waals surface area contributed by atoms with Gasteiger partial charge in [0.15, 0.2) is 0 Å². The van der Waals surface area contributed by atoms with Crippen LogP contribution in [0.2, 0.25) is 0 Å². The van der Waals surface area contributed by atoms with Gasteiger partial charge >= 0.3 is 34.1 Å². The van der Waals surface area contributed by atoms with Crippen LogP contribution < -0.4 is 28.6 Å². The molecule has 4 aromatic carbocycles. The number of halogens is 9. The zero-order valence-electron chi connectivity index (χ0n) is 44.3. The van der Waals surface area contributed by atoms with Crippen molar-refractivity contribution in [1.29, 1.82) is 0 Å². The Balaban J connectivity index is 0.000000290. The van der Waals surface area contributed by atoms with Crippen LogP contribution in [0.4, 0.5) is 35.1 Å². The number of rotatable bonds is 10. The molecule has 0 saturated heterocycles. The summed E-state index contributed by atoms with van der Waals surface area (Å²) in [7, 11) is -4.94. The summed E-state index contributed by atoms with van der Waals surface area (Å²) in [6.45, 7) is 2.32. The number of pyridine rings is 3. The Labute approximate surface area is 512 Å². The number of hydrogen-bond donors (Lipinski definition) is 2. The molecule has 87 heavy (non-hydrogen) atoms. The Hall–Kier alpha value is -8.58. The van der Waals surface area contributed by atoms with E-state index in [2.05, 4.69) is 39.8 Å². The average Bonchev–Trinajstić information content (AvgIpc) is 1.72. The van der Waals surface area contributed by atoms with Crippen LogP contribution in [0.3, 0.4) is 0 Å². The molecule has 0 spiro atoms. The monoisotopic (exact) mass is 1300 g/mol. The van der Waals surface area contributed by atoms with Crippen LogP contribution in [0.25, 0.3) is 90.9 Å². The molecule has 0 amide bonds. The van der Waals surface area contributed by atoms with Crippen molar-refractivity contribution in [3.05, 3.63) is 257 Å². The molecule has 25 heteroatoms. The van der Waals surface area contributed by atoms with E-state index in [9.17, 15) is 0 Å². The predicted octanol–water partition coefficient (Wildman–Crippen LogP) is 10.0. The second-order valence-electron chi connectivity index (χ2n) is 18.2. The van der Waals surface area contributed by atoms with Gasteiger partial charge in [-0.05, 0) is 131 Å². The average molecular weight is 1300 g/mol. The van der Waals surface area contributed by atoms with Gasteiger partial charge in [-0.2, -0.15) is 0 Å². The minimum absolute atomic E-state index is 0. The Morgan fingerprint density at radius 3 is 0.759 bits per heavy atom. The third-order valence-electron chi connectivity index (χ3n) is 12.8. The third kappa shape index (κ3) is 15.7. The summed E-state index contributed by atoms with van der Waals surface area (Å²) in [5.74, 6) is -7.96. The summed E-state index contributed by atoms with van der Waals surface area (Å²) in [5.41, 5.74) is -0.504. The van der Waals surface area contributed by atoms with Gasteiger partial charge in [-0.1, -0.05) is 66.7 Å². The topological polar surface area (TPSA) is 229 Å². The maximum Gasteiger partial charge on any atom is 2.00 e. The summed E-state index contributed by atoms with van der Waals surface area (Å²) in [6.07, 6.45) is 10.9. The van der Waals surface area contributed by atoms with Crippen molar-refractivity contribution >= 4 is 46.4 Å². The summed E-state index contributed by atoms with van der Waals surface area (Å²) in [5, 5.41) is 12.0. The standard InChI is InChI=1S/C44H20F8N4.C18H18N4.ClHO4.Cu.Fe.H2O2/c45-21-5-1-6-22(46)37(21)41-29-13-15-31(53-29)42(38-23(47)7-2-8-24(38)48)33-17-19-35(55-33)44(40-27(51)11-4-12-28(40)52)36-20-18-34(56-36)43(32-16-14-30(41)54-32)39-25(49)9-3-10-26(39)50;1-4-10-19-16(7-1)13-22(14-17-8-2-5-11-20-17)15-18-9-3-6-12-21-18;2-1(3,4)5;;;1-2/h1-20H;1-12H,13-15H2;(H,2,3,4,5);;;1-2H/q-2;;;+1;+2;/p-1. The minimum Gasteiger partial charge on any atom is -0.657 e. The van der Waals surface area contributed by atoms with E-state index >= 15 is 35.1 Å². The molecule has 6 aromatic heterocycles. The normalized spacial score (nSPS) is 11.3. The van der Waals surface area contributed by atoms with E-state index in [1.807, 2.05) is 73.2 Å². The van der Waals surface area contributed by atoms with Crippen molar-refractivity contribution < 1.29 is 109 Å². The van der Waals surface area contributed by atoms with E-state index in [-0.39, 0.29) is 101 Å². The Morgan fingerprint density at radius 2 is 0.563 bits per heavy atom. The van der Waals surface area contributed by atoms with Crippen LogP contribution >= 0.6 is 0 Å². The summed E-state index contributed by atoms with van der Waals surface area (Å²) < 4.78 is 159. The van der Waals surface area contributed by atoms with Crippen LogP contribution in [0.1, 0.15) is 39.9 Å². The van der Waals surface area contributed by atoms with E-state index in [1.165, 1.54) is 48.6 Å². The molecule has 0 aliphatic carbocycles. The fourth-order valence-corrected chi connectivity index (χ4v) is 9.39. The van der Waals surface area contributed by atoms with E-state index in [0.29, 0.717) is 0 Å². The van der Waals surface area contributed by atoms with Crippen molar-refractivity contribution in [1.82, 2.24) is 39.8 Å². The first-order valence-corrected chi connectivity index (χ1v) is 26.3. The van der Waals surface area contributed by atoms with Crippen LogP contribution in [0.5, 0.6) is 0 Å². The molecule has 14 nitrogen and oxygen atoms in total. The third-order valence-corrected chi connectivity index (χ3v) is 12.8. The van der Waals surface area contributed by atoms with Gasteiger partial charge in [0.05, 0.1) is 62.1 Å². The van der Waals surface area contributed by atoms with Crippen molar-refractivity contribution in [2.24, 2.45) is 0 Å². The maximum absolute atomic E-state index is 15.7. The van der Waals surface area contributed by atoms with E-state index < -0.39 is 79.0 Å². The van der Waals surface area contributed by atoms with E-state index in [1.54, 1.807) is 0 Å². The maximum atomic E-state index is 15.7. The second-order valence-corrected chi connectivity index (χ2v) is 19.0. The molecular weight excluding hydrogens is 1260 g/mol. The zero-order valence-corrected chi connectivity index (χ0v) is 47.1. The van der Waals surface area contributed by atoms with Gasteiger partial charge in [0.1, 0.15) is 46.5 Å². The molecule has 0 unspecified atom stereocenters. The van der Waals surface area contributed by atoms with Crippen LogP contribution in [0, 0.1) is 56.8 Å². The molecular formula is C62H40ClCuF8FeN8O6. The quantitative estimate of drug-likeness (QED) is 0.0562. The Morgan fingerprint density at radius 1 is 0.345 bits per heavy atom. The second kappa shape index (κ2) is 29.7. The summed E-state index contributed by atoms with van der Waals surface area (Å²) in [6, 6.07) is 36.3. The van der Waals surface area contributed by atoms with E-state index in [0.717, 1.165) is 110 Å². The molecule has 0 fully saturated rings. The molecule has 2 N–H and O–H groups in total. The van der Waals surface area contributed by atoms with Gasteiger partial charge in [0.2, 0.25) is 0 Å². The molecule has 0 atom stereocenters. The van der Waals surface area contributed by atoms with Gasteiger partial charge in [-0.25, -0.2) is 63.7 Å². The molecule has 0 saturated carbocycles. The Bertz CT molecular complexity index is 3700. The van der Waals surface area contributed by atoms with Crippen molar-refractivity contribution in [3.8, 4) is 44.5 Å². The molecule has 10 aromatic rings. The molecule has 8 heterocycles. The molecule has 0 radical (unpaired) electrons. The van der Waals surface area contributed by atoms with Crippen molar-refractivity contribution in [3.63, 3.8) is 0 Å². The van der Waals surface area contributed by atoms with Gasteiger partial charge in [0, 0.05) is 38.2 Å². The summed E-state index contributed by atoms with van der Waals surface area (Å²) in [4.78, 5) is 34.0. The first-order valence-electron chi connectivity index (χ1n) is 25.1. The smallest absolute Gasteiger partial charge is 0.657 e. The molecule has 446 valence electrons. The van der Waals surface area contributed by atoms with Crippen LogP contribution in [-0.2, 0) is 53.8 Å². The van der Waals surface area contributed by atoms with Gasteiger partial charge in [-0.15, -0.1) is 32.3 Å². The first kappa shape index (κ1) is 66.0. The number of hydrogen-bond acceptors (Lipinski definition) is 12. The molecule has 12 rings (SSSR count). The molecule has 8 bridgehead atoms. The number of benzene rings is 4. The largest absolute Gasteiger partial charge is 2.00 e. The SMILES string of the molecule is Fc1cccc(F)c1-c1c2nc(c(-c3c(F)cccc3F)c3ccc([n-]3)c(-c3c(F)cccc3F)c3nc(c(-c4c(F)cccc4F)c4ccc1[n-]4)C=C3)C=C2.OO.[Cu+].[Fe+2].[O-][Cl+3]([O-])([O-])[O-].c1ccc(CN(Cc2ccccn2)Cc2ccccn2)nc1.